The van der Waals surface area contributed by atoms with Gasteiger partial charge in [-0.1, -0.05) is 41.9 Å². The molecular formula is C20H13ClO4. The van der Waals surface area contributed by atoms with Gasteiger partial charge in [-0.3, -0.25) is 0 Å². The second-order valence-electron chi connectivity index (χ2n) is 5.44. The van der Waals surface area contributed by atoms with Crippen molar-refractivity contribution in [2.24, 2.45) is 0 Å². The molecule has 0 saturated carbocycles. The molecule has 4 rings (SSSR count). The van der Waals surface area contributed by atoms with Gasteiger partial charge < -0.3 is 14.2 Å². The van der Waals surface area contributed by atoms with E-state index in [4.69, 9.17) is 25.8 Å². The van der Waals surface area contributed by atoms with Gasteiger partial charge in [-0.05, 0) is 30.3 Å². The van der Waals surface area contributed by atoms with Gasteiger partial charge in [0.25, 0.3) is 0 Å². The summed E-state index contributed by atoms with van der Waals surface area (Å²) in [6.07, 6.45) is 0. The second-order valence-corrected chi connectivity index (χ2v) is 5.85. The van der Waals surface area contributed by atoms with Crippen LogP contribution in [0.3, 0.4) is 0 Å². The fourth-order valence-electron chi connectivity index (χ4n) is 2.79. The minimum atomic E-state index is -0.420. The van der Waals surface area contributed by atoms with Crippen molar-refractivity contribution >= 4 is 17.6 Å². The zero-order chi connectivity index (χ0) is 17.4. The summed E-state index contributed by atoms with van der Waals surface area (Å²) >= 11 is 6.30. The maximum Gasteiger partial charge on any atom is 0.338 e. The Bertz CT molecular complexity index is 981. The van der Waals surface area contributed by atoms with E-state index in [0.717, 1.165) is 0 Å². The number of hydrogen-bond acceptors (Lipinski definition) is 4. The Morgan fingerprint density at radius 1 is 0.840 bits per heavy atom. The summed E-state index contributed by atoms with van der Waals surface area (Å²) in [4.78, 5) is 12.1. The quantitative estimate of drug-likeness (QED) is 0.434. The average molecular weight is 353 g/mol. The van der Waals surface area contributed by atoms with Gasteiger partial charge in [0, 0.05) is 11.1 Å². The van der Waals surface area contributed by atoms with Gasteiger partial charge in [-0.25, -0.2) is 4.79 Å². The molecule has 25 heavy (non-hydrogen) atoms. The third kappa shape index (κ3) is 2.61. The molecule has 0 fully saturated rings. The van der Waals surface area contributed by atoms with Crippen LogP contribution in [0.5, 0.6) is 23.0 Å². The van der Waals surface area contributed by atoms with E-state index < -0.39 is 5.97 Å². The van der Waals surface area contributed by atoms with Gasteiger partial charge in [0.1, 0.15) is 0 Å². The number of carbonyl (C=O) groups excluding carboxylic acids is 1. The number of para-hydroxylation sites is 2. The van der Waals surface area contributed by atoms with Crippen LogP contribution in [0.4, 0.5) is 0 Å². The smallest absolute Gasteiger partial charge is 0.338 e. The maximum absolute atomic E-state index is 12.1. The molecule has 0 bridgehead atoms. The number of hydrogen-bond donors (Lipinski definition) is 0. The van der Waals surface area contributed by atoms with E-state index in [0.29, 0.717) is 44.7 Å². The molecule has 5 heteroatoms. The first-order chi connectivity index (χ1) is 12.2. The van der Waals surface area contributed by atoms with Gasteiger partial charge in [0.2, 0.25) is 0 Å². The van der Waals surface area contributed by atoms with Crippen molar-refractivity contribution in [2.45, 2.75) is 0 Å². The highest BCUT2D eigenvalue weighted by molar-refractivity contribution is 6.32. The van der Waals surface area contributed by atoms with Gasteiger partial charge in [0.15, 0.2) is 23.0 Å². The molecule has 0 amide bonds. The molecule has 0 aliphatic carbocycles. The summed E-state index contributed by atoms with van der Waals surface area (Å²) in [5, 5.41) is 0.434. The number of halogens is 1. The zero-order valence-electron chi connectivity index (χ0n) is 13.3. The maximum atomic E-state index is 12.1. The first-order valence-corrected chi connectivity index (χ1v) is 8.02. The molecule has 4 nitrogen and oxygen atoms in total. The van der Waals surface area contributed by atoms with E-state index in [1.807, 2.05) is 36.4 Å². The number of benzene rings is 3. The van der Waals surface area contributed by atoms with Crippen molar-refractivity contribution in [3.63, 3.8) is 0 Å². The third-order valence-electron chi connectivity index (χ3n) is 3.96. The molecule has 0 saturated heterocycles. The van der Waals surface area contributed by atoms with Crippen LogP contribution in [0.2, 0.25) is 5.02 Å². The standard InChI is InChI=1S/C20H13ClO4/c1-23-20(22)14-7-3-2-6-12(14)13-10-11-15(21)19-18(13)24-16-8-4-5-9-17(16)25-19/h2-11H,1H3. The Balaban J connectivity index is 1.92. The first-order valence-electron chi connectivity index (χ1n) is 7.64. The van der Waals surface area contributed by atoms with E-state index in [2.05, 4.69) is 0 Å². The fraction of sp³-hybridized carbons (Fsp3) is 0.0500. The number of methoxy groups -OCH3 is 1. The Morgan fingerprint density at radius 2 is 1.48 bits per heavy atom. The first kappa shape index (κ1) is 15.5. The van der Waals surface area contributed by atoms with Crippen LogP contribution in [0.25, 0.3) is 11.1 Å². The third-order valence-corrected chi connectivity index (χ3v) is 4.26. The van der Waals surface area contributed by atoms with Crippen LogP contribution >= 0.6 is 11.6 Å². The summed E-state index contributed by atoms with van der Waals surface area (Å²) in [5.41, 5.74) is 1.83. The summed E-state index contributed by atoms with van der Waals surface area (Å²) < 4.78 is 16.9. The van der Waals surface area contributed by atoms with Crippen molar-refractivity contribution in [3.05, 3.63) is 71.2 Å². The van der Waals surface area contributed by atoms with Gasteiger partial charge in [-0.2, -0.15) is 0 Å². The molecule has 1 aliphatic heterocycles. The minimum absolute atomic E-state index is 0.420. The highest BCUT2D eigenvalue weighted by atomic mass is 35.5. The van der Waals surface area contributed by atoms with Crippen LogP contribution in [-0.2, 0) is 4.74 Å². The molecule has 3 aromatic rings. The summed E-state index contributed by atoms with van der Waals surface area (Å²) in [6, 6.07) is 18.0. The van der Waals surface area contributed by atoms with Crippen LogP contribution in [0.15, 0.2) is 60.7 Å². The predicted octanol–water partition coefficient (Wildman–Crippen LogP) is 5.69. The average Bonchev–Trinajstić information content (AvgIpc) is 2.66. The van der Waals surface area contributed by atoms with E-state index in [1.54, 1.807) is 24.3 Å². The SMILES string of the molecule is COC(=O)c1ccccc1-c1ccc(Cl)c2c1Oc1ccccc1O2. The predicted molar refractivity (Wildman–Crippen MR) is 94.8 cm³/mol. The topological polar surface area (TPSA) is 44.8 Å². The Kier molecular flexibility index (Phi) is 3.82. The molecule has 0 atom stereocenters. The number of ether oxygens (including phenoxy) is 3. The second kappa shape index (κ2) is 6.15. The van der Waals surface area contributed by atoms with Crippen molar-refractivity contribution in [3.8, 4) is 34.1 Å². The largest absolute Gasteiger partial charge is 0.465 e. The Hall–Kier alpha value is -2.98. The van der Waals surface area contributed by atoms with Gasteiger partial charge in [0.05, 0.1) is 17.7 Å². The molecule has 0 unspecified atom stereocenters. The van der Waals surface area contributed by atoms with Crippen molar-refractivity contribution in [1.82, 2.24) is 0 Å². The summed E-state index contributed by atoms with van der Waals surface area (Å²) in [6.45, 7) is 0. The summed E-state index contributed by atoms with van der Waals surface area (Å²) in [5.74, 6) is 1.67. The van der Waals surface area contributed by atoms with E-state index in [-0.39, 0.29) is 0 Å². The lowest BCUT2D eigenvalue weighted by atomic mass is 9.98. The molecule has 124 valence electrons. The fourth-order valence-corrected chi connectivity index (χ4v) is 2.98. The molecule has 0 aromatic heterocycles. The zero-order valence-corrected chi connectivity index (χ0v) is 14.0. The van der Waals surface area contributed by atoms with Crippen molar-refractivity contribution in [1.29, 1.82) is 0 Å². The Morgan fingerprint density at radius 3 is 2.20 bits per heavy atom. The number of rotatable bonds is 2. The van der Waals surface area contributed by atoms with Crippen LogP contribution in [0.1, 0.15) is 10.4 Å². The van der Waals surface area contributed by atoms with Crippen LogP contribution in [0, 0.1) is 0 Å². The van der Waals surface area contributed by atoms with E-state index >= 15 is 0 Å². The van der Waals surface area contributed by atoms with Gasteiger partial charge in [-0.15, -0.1) is 0 Å². The van der Waals surface area contributed by atoms with Crippen LogP contribution < -0.4 is 9.47 Å². The van der Waals surface area contributed by atoms with Crippen molar-refractivity contribution in [2.75, 3.05) is 7.11 Å². The van der Waals surface area contributed by atoms with Crippen molar-refractivity contribution < 1.29 is 19.0 Å². The normalized spacial score (nSPS) is 11.6. The lowest BCUT2D eigenvalue weighted by Crippen LogP contribution is -2.05. The van der Waals surface area contributed by atoms with E-state index in [9.17, 15) is 4.79 Å². The minimum Gasteiger partial charge on any atom is -0.465 e. The number of carbonyl (C=O) groups is 1. The van der Waals surface area contributed by atoms with Crippen LogP contribution in [-0.4, -0.2) is 13.1 Å². The highest BCUT2D eigenvalue weighted by Crippen LogP contribution is 2.52. The van der Waals surface area contributed by atoms with E-state index in [1.165, 1.54) is 7.11 Å². The highest BCUT2D eigenvalue weighted by Gasteiger charge is 2.26. The Labute approximate surface area is 149 Å². The lowest BCUT2D eigenvalue weighted by Gasteiger charge is -2.24. The van der Waals surface area contributed by atoms with Gasteiger partial charge >= 0.3 is 5.97 Å². The molecular weight excluding hydrogens is 340 g/mol. The lowest BCUT2D eigenvalue weighted by molar-refractivity contribution is 0.0601. The molecule has 0 radical (unpaired) electrons. The molecule has 0 N–H and O–H groups in total. The summed E-state index contributed by atoms with van der Waals surface area (Å²) in [7, 11) is 1.35. The molecule has 3 aromatic carbocycles. The monoisotopic (exact) mass is 352 g/mol. The molecule has 1 aliphatic rings. The number of esters is 1. The number of fused-ring (bicyclic) bond motifs is 2. The molecule has 0 spiro atoms. The molecule has 1 heterocycles.